The van der Waals surface area contributed by atoms with Crippen molar-refractivity contribution in [2.75, 3.05) is 6.54 Å². The first-order chi connectivity index (χ1) is 8.16. The number of benzene rings is 1. The van der Waals surface area contributed by atoms with Crippen molar-refractivity contribution in [3.8, 4) is 0 Å². The Labute approximate surface area is 99.0 Å². The van der Waals surface area contributed by atoms with Gasteiger partial charge in [0.2, 0.25) is 0 Å². The van der Waals surface area contributed by atoms with Gasteiger partial charge < -0.3 is 10.4 Å². The standard InChI is InChI=1S/C13H14FNO2/c14-11-5-3-10(12-2-1-7-15-12)8-9(11)4-6-13(16)17/h3-6,8,12,15H,1-2,7H2,(H,16,17)/b6-4+/t12-/m0/s1. The van der Waals surface area contributed by atoms with Crippen molar-refractivity contribution in [2.45, 2.75) is 18.9 Å². The summed E-state index contributed by atoms with van der Waals surface area (Å²) in [5.41, 5.74) is 1.33. The maximum Gasteiger partial charge on any atom is 0.328 e. The lowest BCUT2D eigenvalue weighted by Gasteiger charge is -2.11. The number of carboxylic acids is 1. The van der Waals surface area contributed by atoms with Gasteiger partial charge in [0.1, 0.15) is 5.82 Å². The molecule has 0 bridgehead atoms. The number of hydrogen-bond acceptors (Lipinski definition) is 2. The van der Waals surface area contributed by atoms with Crippen LogP contribution in [0.15, 0.2) is 24.3 Å². The molecule has 1 heterocycles. The molecule has 0 spiro atoms. The number of carboxylic acid groups (broad SMARTS) is 1. The van der Waals surface area contributed by atoms with Gasteiger partial charge in [0.15, 0.2) is 0 Å². The fourth-order valence-electron chi connectivity index (χ4n) is 2.04. The van der Waals surface area contributed by atoms with Crippen LogP contribution >= 0.6 is 0 Å². The van der Waals surface area contributed by atoms with Crippen molar-refractivity contribution < 1.29 is 14.3 Å². The number of rotatable bonds is 3. The van der Waals surface area contributed by atoms with Crippen molar-refractivity contribution in [1.82, 2.24) is 5.32 Å². The molecular weight excluding hydrogens is 221 g/mol. The molecule has 2 N–H and O–H groups in total. The van der Waals surface area contributed by atoms with Crippen LogP contribution in [0.25, 0.3) is 6.08 Å². The van der Waals surface area contributed by atoms with Gasteiger partial charge in [0.05, 0.1) is 0 Å². The van der Waals surface area contributed by atoms with Gasteiger partial charge in [-0.15, -0.1) is 0 Å². The van der Waals surface area contributed by atoms with Gasteiger partial charge in [-0.05, 0) is 43.2 Å². The van der Waals surface area contributed by atoms with Gasteiger partial charge in [-0.25, -0.2) is 9.18 Å². The Balaban J connectivity index is 2.25. The smallest absolute Gasteiger partial charge is 0.328 e. The molecule has 17 heavy (non-hydrogen) atoms. The lowest BCUT2D eigenvalue weighted by atomic mass is 10.0. The van der Waals surface area contributed by atoms with E-state index < -0.39 is 11.8 Å². The Kier molecular flexibility index (Phi) is 3.54. The Bertz CT molecular complexity index is 451. The highest BCUT2D eigenvalue weighted by Gasteiger charge is 2.16. The van der Waals surface area contributed by atoms with Gasteiger partial charge in [-0.3, -0.25) is 0 Å². The molecule has 1 fully saturated rings. The summed E-state index contributed by atoms with van der Waals surface area (Å²) in [6.07, 6.45) is 4.39. The molecule has 1 saturated heterocycles. The van der Waals surface area contributed by atoms with Crippen molar-refractivity contribution in [1.29, 1.82) is 0 Å². The first-order valence-corrected chi connectivity index (χ1v) is 5.60. The third-order valence-electron chi connectivity index (χ3n) is 2.89. The monoisotopic (exact) mass is 235 g/mol. The van der Waals surface area contributed by atoms with Crippen molar-refractivity contribution >= 4 is 12.0 Å². The second-order valence-corrected chi connectivity index (χ2v) is 4.10. The predicted molar refractivity (Wildman–Crippen MR) is 63.0 cm³/mol. The number of aliphatic carboxylic acids is 1. The predicted octanol–water partition coefficient (Wildman–Crippen LogP) is 2.35. The summed E-state index contributed by atoms with van der Waals surface area (Å²) in [5, 5.41) is 11.8. The molecule has 0 unspecified atom stereocenters. The van der Waals surface area contributed by atoms with E-state index in [0.29, 0.717) is 5.56 Å². The second kappa shape index (κ2) is 5.10. The summed E-state index contributed by atoms with van der Waals surface area (Å²) >= 11 is 0. The molecule has 1 aliphatic heterocycles. The number of halogens is 1. The van der Waals surface area contributed by atoms with Gasteiger partial charge in [0.25, 0.3) is 0 Å². The summed E-state index contributed by atoms with van der Waals surface area (Å²) < 4.78 is 13.4. The van der Waals surface area contributed by atoms with E-state index in [1.54, 1.807) is 12.1 Å². The minimum Gasteiger partial charge on any atom is -0.478 e. The molecule has 1 aliphatic rings. The summed E-state index contributed by atoms with van der Waals surface area (Å²) in [4.78, 5) is 10.4. The lowest BCUT2D eigenvalue weighted by molar-refractivity contribution is -0.131. The van der Waals surface area contributed by atoms with Crippen LogP contribution in [0.3, 0.4) is 0 Å². The number of carbonyl (C=O) groups is 1. The molecule has 3 nitrogen and oxygen atoms in total. The zero-order valence-corrected chi connectivity index (χ0v) is 9.32. The van der Waals surface area contributed by atoms with E-state index in [4.69, 9.17) is 5.11 Å². The zero-order chi connectivity index (χ0) is 12.3. The number of hydrogen-bond donors (Lipinski definition) is 2. The molecule has 0 aromatic heterocycles. The van der Waals surface area contributed by atoms with Crippen LogP contribution in [0.2, 0.25) is 0 Å². The molecule has 0 aliphatic carbocycles. The molecule has 4 heteroatoms. The van der Waals surface area contributed by atoms with E-state index >= 15 is 0 Å². The summed E-state index contributed by atoms with van der Waals surface area (Å²) in [5.74, 6) is -1.47. The largest absolute Gasteiger partial charge is 0.478 e. The summed E-state index contributed by atoms with van der Waals surface area (Å²) in [6.45, 7) is 0.975. The quantitative estimate of drug-likeness (QED) is 0.791. The molecule has 0 saturated carbocycles. The minimum absolute atomic E-state index is 0.257. The van der Waals surface area contributed by atoms with Crippen LogP contribution in [0.5, 0.6) is 0 Å². The van der Waals surface area contributed by atoms with Gasteiger partial charge >= 0.3 is 5.97 Å². The van der Waals surface area contributed by atoms with E-state index in [9.17, 15) is 9.18 Å². The van der Waals surface area contributed by atoms with Crippen molar-refractivity contribution in [2.24, 2.45) is 0 Å². The van der Waals surface area contributed by atoms with E-state index in [1.165, 1.54) is 12.1 Å². The molecule has 90 valence electrons. The first-order valence-electron chi connectivity index (χ1n) is 5.60. The zero-order valence-electron chi connectivity index (χ0n) is 9.32. The van der Waals surface area contributed by atoms with Gasteiger partial charge in [-0.2, -0.15) is 0 Å². The Morgan fingerprint density at radius 2 is 2.35 bits per heavy atom. The van der Waals surface area contributed by atoms with Crippen LogP contribution in [0.1, 0.15) is 30.0 Å². The molecule has 1 atom stereocenters. The molecule has 1 aromatic carbocycles. The highest BCUT2D eigenvalue weighted by atomic mass is 19.1. The van der Waals surface area contributed by atoms with E-state index in [-0.39, 0.29) is 6.04 Å². The van der Waals surface area contributed by atoms with Gasteiger partial charge in [-0.1, -0.05) is 6.07 Å². The van der Waals surface area contributed by atoms with Crippen molar-refractivity contribution in [3.05, 3.63) is 41.2 Å². The van der Waals surface area contributed by atoms with Crippen LogP contribution in [0.4, 0.5) is 4.39 Å². The Morgan fingerprint density at radius 3 is 3.00 bits per heavy atom. The highest BCUT2D eigenvalue weighted by molar-refractivity contribution is 5.85. The fourth-order valence-corrected chi connectivity index (χ4v) is 2.04. The molecular formula is C13H14FNO2. The topological polar surface area (TPSA) is 49.3 Å². The first kappa shape index (κ1) is 11.8. The Hall–Kier alpha value is -1.68. The SMILES string of the molecule is O=C(O)/C=C/c1cc([C@@H]2CCCN2)ccc1F. The summed E-state index contributed by atoms with van der Waals surface area (Å²) in [7, 11) is 0. The molecule has 0 amide bonds. The maximum atomic E-state index is 13.4. The van der Waals surface area contributed by atoms with Crippen molar-refractivity contribution in [3.63, 3.8) is 0 Å². The molecule has 1 aromatic rings. The van der Waals surface area contributed by atoms with Gasteiger partial charge in [0, 0.05) is 17.7 Å². The third-order valence-corrected chi connectivity index (χ3v) is 2.89. The van der Waals surface area contributed by atoms with E-state index in [0.717, 1.165) is 31.0 Å². The fraction of sp³-hybridized carbons (Fsp3) is 0.308. The van der Waals surface area contributed by atoms with Crippen LogP contribution in [-0.2, 0) is 4.79 Å². The Morgan fingerprint density at radius 1 is 1.53 bits per heavy atom. The molecule has 2 rings (SSSR count). The average molecular weight is 235 g/mol. The normalized spacial score (nSPS) is 19.9. The van der Waals surface area contributed by atoms with Crippen LogP contribution < -0.4 is 5.32 Å². The van der Waals surface area contributed by atoms with E-state index in [1.807, 2.05) is 0 Å². The minimum atomic E-state index is -1.08. The van der Waals surface area contributed by atoms with Crippen LogP contribution in [-0.4, -0.2) is 17.6 Å². The number of nitrogens with one attached hydrogen (secondary N) is 1. The molecule has 0 radical (unpaired) electrons. The third kappa shape index (κ3) is 2.91. The highest BCUT2D eigenvalue weighted by Crippen LogP contribution is 2.25. The van der Waals surface area contributed by atoms with Crippen LogP contribution in [0, 0.1) is 5.82 Å². The maximum absolute atomic E-state index is 13.4. The second-order valence-electron chi connectivity index (χ2n) is 4.10. The summed E-state index contributed by atoms with van der Waals surface area (Å²) in [6, 6.07) is 5.10. The average Bonchev–Trinajstić information content (AvgIpc) is 2.81. The van der Waals surface area contributed by atoms with E-state index in [2.05, 4.69) is 5.32 Å². The lowest BCUT2D eigenvalue weighted by Crippen LogP contribution is -2.12.